The van der Waals surface area contributed by atoms with Crippen LogP contribution in [0.15, 0.2) is 0 Å². The van der Waals surface area contributed by atoms with E-state index in [1.54, 1.807) is 0 Å². The van der Waals surface area contributed by atoms with Gasteiger partial charge in [0.2, 0.25) is 0 Å². The van der Waals surface area contributed by atoms with E-state index < -0.39 is 6.43 Å². The van der Waals surface area contributed by atoms with Crippen molar-refractivity contribution in [3.63, 3.8) is 0 Å². The van der Waals surface area contributed by atoms with Gasteiger partial charge >= 0.3 is 0 Å². The van der Waals surface area contributed by atoms with Crippen molar-refractivity contribution in [1.82, 2.24) is 9.80 Å². The lowest BCUT2D eigenvalue weighted by molar-refractivity contribution is 0.0886. The maximum Gasteiger partial charge on any atom is 0.251 e. The van der Waals surface area contributed by atoms with Gasteiger partial charge in [-0.2, -0.15) is 0 Å². The van der Waals surface area contributed by atoms with E-state index in [-0.39, 0.29) is 6.54 Å². The summed E-state index contributed by atoms with van der Waals surface area (Å²) in [4.78, 5) is 4.37. The minimum absolute atomic E-state index is 0.0727. The van der Waals surface area contributed by atoms with E-state index in [0.29, 0.717) is 18.0 Å². The van der Waals surface area contributed by atoms with Crippen LogP contribution in [0.4, 0.5) is 8.78 Å². The molecule has 102 valence electrons. The Labute approximate surface area is 104 Å². The Morgan fingerprint density at radius 2 is 1.71 bits per heavy atom. The first-order valence-electron chi connectivity index (χ1n) is 6.68. The average molecular weight is 248 g/mol. The number of hydrogen-bond acceptors (Lipinski definition) is 2. The van der Waals surface area contributed by atoms with Gasteiger partial charge in [-0.1, -0.05) is 13.8 Å². The molecular weight excluding hydrogens is 222 g/mol. The fourth-order valence-electron chi connectivity index (χ4n) is 2.75. The van der Waals surface area contributed by atoms with Gasteiger partial charge in [0.1, 0.15) is 0 Å². The first kappa shape index (κ1) is 14.8. The van der Waals surface area contributed by atoms with Crippen molar-refractivity contribution in [3.05, 3.63) is 0 Å². The molecule has 1 saturated heterocycles. The average Bonchev–Trinajstić information content (AvgIpc) is 2.39. The number of hydrogen-bond donors (Lipinski definition) is 0. The van der Waals surface area contributed by atoms with Crippen molar-refractivity contribution < 1.29 is 8.78 Å². The van der Waals surface area contributed by atoms with E-state index in [1.807, 2.05) is 4.90 Å². The quantitative estimate of drug-likeness (QED) is 0.755. The van der Waals surface area contributed by atoms with Crippen LogP contribution in [0, 0.1) is 5.92 Å². The van der Waals surface area contributed by atoms with Gasteiger partial charge in [0.15, 0.2) is 0 Å². The third-order valence-electron chi connectivity index (χ3n) is 3.67. The SMILES string of the molecule is CC(C)C1CCN(CC(F)F)CCN1C(C)C. The van der Waals surface area contributed by atoms with E-state index in [9.17, 15) is 8.78 Å². The van der Waals surface area contributed by atoms with Crippen LogP contribution < -0.4 is 0 Å². The molecule has 0 spiro atoms. The molecule has 1 aliphatic rings. The highest BCUT2D eigenvalue weighted by atomic mass is 19.3. The second-order valence-electron chi connectivity index (χ2n) is 5.62. The van der Waals surface area contributed by atoms with Gasteiger partial charge in [0.05, 0.1) is 6.54 Å². The fourth-order valence-corrected chi connectivity index (χ4v) is 2.75. The molecule has 0 saturated carbocycles. The Balaban J connectivity index is 2.62. The van der Waals surface area contributed by atoms with Gasteiger partial charge in [0.25, 0.3) is 6.43 Å². The van der Waals surface area contributed by atoms with Crippen LogP contribution in [0.2, 0.25) is 0 Å². The lowest BCUT2D eigenvalue weighted by Crippen LogP contribution is -2.44. The van der Waals surface area contributed by atoms with Crippen LogP contribution in [-0.4, -0.2) is 54.5 Å². The molecule has 0 aliphatic carbocycles. The Morgan fingerprint density at radius 3 is 2.18 bits per heavy atom. The molecule has 1 fully saturated rings. The van der Waals surface area contributed by atoms with Gasteiger partial charge in [-0.05, 0) is 32.7 Å². The third kappa shape index (κ3) is 4.51. The highest BCUT2D eigenvalue weighted by Gasteiger charge is 2.28. The molecule has 1 rings (SSSR count). The van der Waals surface area contributed by atoms with Crippen LogP contribution in [0.1, 0.15) is 34.1 Å². The molecule has 17 heavy (non-hydrogen) atoms. The van der Waals surface area contributed by atoms with Crippen molar-refractivity contribution in [2.24, 2.45) is 5.92 Å². The van der Waals surface area contributed by atoms with E-state index in [1.165, 1.54) is 0 Å². The summed E-state index contributed by atoms with van der Waals surface area (Å²) < 4.78 is 24.8. The molecule has 1 heterocycles. The van der Waals surface area contributed by atoms with E-state index in [0.717, 1.165) is 26.1 Å². The minimum atomic E-state index is -2.21. The van der Waals surface area contributed by atoms with E-state index >= 15 is 0 Å². The zero-order chi connectivity index (χ0) is 13.0. The first-order valence-corrected chi connectivity index (χ1v) is 6.68. The Hall–Kier alpha value is -0.220. The molecule has 1 aliphatic heterocycles. The molecule has 0 aromatic rings. The van der Waals surface area contributed by atoms with Gasteiger partial charge in [-0.15, -0.1) is 0 Å². The summed E-state index contributed by atoms with van der Waals surface area (Å²) in [6.07, 6.45) is -1.21. The minimum Gasteiger partial charge on any atom is -0.296 e. The van der Waals surface area contributed by atoms with Crippen molar-refractivity contribution in [1.29, 1.82) is 0 Å². The summed E-state index contributed by atoms with van der Waals surface area (Å²) >= 11 is 0. The topological polar surface area (TPSA) is 6.48 Å². The molecule has 0 amide bonds. The van der Waals surface area contributed by atoms with Crippen molar-refractivity contribution >= 4 is 0 Å². The van der Waals surface area contributed by atoms with Crippen LogP contribution in [0.3, 0.4) is 0 Å². The first-order chi connectivity index (χ1) is 7.91. The highest BCUT2D eigenvalue weighted by Crippen LogP contribution is 2.21. The zero-order valence-electron chi connectivity index (χ0n) is 11.5. The molecule has 0 N–H and O–H groups in total. The summed E-state index contributed by atoms with van der Waals surface area (Å²) in [7, 11) is 0. The maximum atomic E-state index is 12.4. The number of halogens is 2. The molecule has 4 heteroatoms. The van der Waals surface area contributed by atoms with Crippen LogP contribution in [0.25, 0.3) is 0 Å². The molecule has 0 aromatic heterocycles. The predicted molar refractivity (Wildman–Crippen MR) is 67.5 cm³/mol. The lowest BCUT2D eigenvalue weighted by Gasteiger charge is -2.35. The zero-order valence-corrected chi connectivity index (χ0v) is 11.5. The van der Waals surface area contributed by atoms with Gasteiger partial charge in [-0.25, -0.2) is 8.78 Å². The Morgan fingerprint density at radius 1 is 1.06 bits per heavy atom. The van der Waals surface area contributed by atoms with E-state index in [4.69, 9.17) is 0 Å². The molecule has 2 nitrogen and oxygen atoms in total. The lowest BCUT2D eigenvalue weighted by atomic mass is 9.98. The summed E-state index contributed by atoms with van der Waals surface area (Å²) in [5, 5.41) is 0. The standard InChI is InChI=1S/C13H26F2N2/c1-10(2)12-5-6-16(9-13(14)15)7-8-17(12)11(3)4/h10-13H,5-9H2,1-4H3. The maximum absolute atomic E-state index is 12.4. The highest BCUT2D eigenvalue weighted by molar-refractivity contribution is 4.83. The summed E-state index contributed by atoms with van der Waals surface area (Å²) in [6.45, 7) is 11.2. The Kier molecular flexibility index (Phi) is 5.80. The van der Waals surface area contributed by atoms with Crippen LogP contribution >= 0.6 is 0 Å². The normalized spacial score (nSPS) is 24.9. The number of nitrogens with zero attached hydrogens (tertiary/aromatic N) is 2. The van der Waals surface area contributed by atoms with E-state index in [2.05, 4.69) is 32.6 Å². The molecular formula is C13H26F2N2. The van der Waals surface area contributed by atoms with Gasteiger partial charge in [-0.3, -0.25) is 9.80 Å². The molecule has 1 atom stereocenters. The van der Waals surface area contributed by atoms with Gasteiger partial charge in [0, 0.05) is 25.2 Å². The predicted octanol–water partition coefficient (Wildman–Crippen LogP) is 2.69. The van der Waals surface area contributed by atoms with Crippen LogP contribution in [-0.2, 0) is 0 Å². The Bertz CT molecular complexity index is 201. The summed E-state index contributed by atoms with van der Waals surface area (Å²) in [5.74, 6) is 0.587. The second kappa shape index (κ2) is 6.64. The van der Waals surface area contributed by atoms with Crippen molar-refractivity contribution in [2.45, 2.75) is 52.6 Å². The monoisotopic (exact) mass is 248 g/mol. The summed E-state index contributed by atoms with van der Waals surface area (Å²) in [6, 6.07) is 1.02. The molecule has 0 bridgehead atoms. The number of alkyl halides is 2. The number of rotatable bonds is 4. The van der Waals surface area contributed by atoms with Crippen molar-refractivity contribution in [2.75, 3.05) is 26.2 Å². The van der Waals surface area contributed by atoms with Crippen molar-refractivity contribution in [3.8, 4) is 0 Å². The fraction of sp³-hybridized carbons (Fsp3) is 1.00. The third-order valence-corrected chi connectivity index (χ3v) is 3.67. The van der Waals surface area contributed by atoms with Crippen LogP contribution in [0.5, 0.6) is 0 Å². The molecule has 0 radical (unpaired) electrons. The molecule has 0 aromatic carbocycles. The van der Waals surface area contributed by atoms with Gasteiger partial charge < -0.3 is 0 Å². The largest absolute Gasteiger partial charge is 0.296 e. The second-order valence-corrected chi connectivity index (χ2v) is 5.62. The molecule has 1 unspecified atom stereocenters. The summed E-state index contributed by atoms with van der Waals surface area (Å²) in [5.41, 5.74) is 0. The smallest absolute Gasteiger partial charge is 0.251 e.